The zero-order chi connectivity index (χ0) is 20.6. The first-order chi connectivity index (χ1) is 14.0. The Morgan fingerprint density at radius 2 is 1.76 bits per heavy atom. The van der Waals surface area contributed by atoms with E-state index >= 15 is 0 Å². The molecule has 1 aliphatic rings. The Kier molecular flexibility index (Phi) is 7.38. The van der Waals surface area contributed by atoms with Crippen LogP contribution in [0.1, 0.15) is 25.3 Å². The van der Waals surface area contributed by atoms with Gasteiger partial charge in [-0.05, 0) is 42.7 Å². The maximum absolute atomic E-state index is 12.7. The van der Waals surface area contributed by atoms with Crippen molar-refractivity contribution in [3.05, 3.63) is 82.8 Å². The maximum atomic E-state index is 12.7. The fourth-order valence-corrected chi connectivity index (χ4v) is 4.25. The Bertz CT molecular complexity index is 953. The van der Waals surface area contributed by atoms with Gasteiger partial charge in [0.05, 0.1) is 4.91 Å². The first-order valence-corrected chi connectivity index (χ1v) is 10.6. The van der Waals surface area contributed by atoms with E-state index in [9.17, 15) is 9.59 Å². The number of nitrogens with zero attached hydrogens (tertiary/aromatic N) is 1. The van der Waals surface area contributed by atoms with Crippen molar-refractivity contribution in [3.8, 4) is 0 Å². The van der Waals surface area contributed by atoms with Crippen LogP contribution in [0, 0.1) is 0 Å². The second-order valence-electron chi connectivity index (χ2n) is 6.65. The lowest BCUT2D eigenvalue weighted by Crippen LogP contribution is -2.29. The van der Waals surface area contributed by atoms with Gasteiger partial charge in [-0.3, -0.25) is 14.5 Å². The Morgan fingerprint density at radius 1 is 1.10 bits per heavy atom. The van der Waals surface area contributed by atoms with E-state index in [1.165, 1.54) is 11.8 Å². The number of hydrogen-bond donors (Lipinski definition) is 1. The number of amides is 2. The highest BCUT2D eigenvalue weighted by molar-refractivity contribution is 8.26. The van der Waals surface area contributed by atoms with Crippen LogP contribution in [0.3, 0.4) is 0 Å². The smallest absolute Gasteiger partial charge is 0.266 e. The molecule has 0 unspecified atom stereocenters. The van der Waals surface area contributed by atoms with Crippen molar-refractivity contribution >= 4 is 51.9 Å². The largest absolute Gasteiger partial charge is 0.326 e. The number of anilines is 1. The summed E-state index contributed by atoms with van der Waals surface area (Å²) in [6, 6.07) is 19.3. The molecule has 1 aliphatic heterocycles. The average molecular weight is 423 g/mol. The Labute approximate surface area is 180 Å². The third-order valence-corrected chi connectivity index (χ3v) is 5.65. The summed E-state index contributed by atoms with van der Waals surface area (Å²) in [7, 11) is 0. The SMILES string of the molecule is CC(=C\c1ccccc1)/C=C1/SC(=S)N(CCCC(=O)Nc2ccccc2)C1=O. The van der Waals surface area contributed by atoms with Gasteiger partial charge in [0.1, 0.15) is 4.32 Å². The predicted molar refractivity (Wildman–Crippen MR) is 124 cm³/mol. The lowest BCUT2D eigenvalue weighted by molar-refractivity contribution is -0.122. The summed E-state index contributed by atoms with van der Waals surface area (Å²) in [6.45, 7) is 2.40. The summed E-state index contributed by atoms with van der Waals surface area (Å²) in [6.07, 6.45) is 4.78. The molecule has 0 aromatic heterocycles. The Morgan fingerprint density at radius 3 is 2.45 bits per heavy atom. The van der Waals surface area contributed by atoms with Crippen molar-refractivity contribution in [2.24, 2.45) is 0 Å². The lowest BCUT2D eigenvalue weighted by atomic mass is 10.1. The summed E-state index contributed by atoms with van der Waals surface area (Å²) in [5, 5.41) is 2.85. The van der Waals surface area contributed by atoms with Crippen LogP contribution < -0.4 is 5.32 Å². The van der Waals surface area contributed by atoms with Crippen molar-refractivity contribution < 1.29 is 9.59 Å². The summed E-state index contributed by atoms with van der Waals surface area (Å²) < 4.78 is 0.539. The minimum Gasteiger partial charge on any atom is -0.326 e. The van der Waals surface area contributed by atoms with E-state index in [0.717, 1.165) is 16.8 Å². The first kappa shape index (κ1) is 21.0. The highest BCUT2D eigenvalue weighted by atomic mass is 32.2. The number of carbonyl (C=O) groups excluding carboxylic acids is 2. The normalized spacial score (nSPS) is 15.8. The van der Waals surface area contributed by atoms with Gasteiger partial charge < -0.3 is 5.32 Å². The van der Waals surface area contributed by atoms with Crippen LogP contribution in [0.5, 0.6) is 0 Å². The number of allylic oxidation sites excluding steroid dienone is 2. The molecule has 3 rings (SSSR count). The van der Waals surface area contributed by atoms with Gasteiger partial charge in [-0.2, -0.15) is 0 Å². The molecule has 1 saturated heterocycles. The summed E-state index contributed by atoms with van der Waals surface area (Å²) in [5.74, 6) is -0.164. The van der Waals surface area contributed by atoms with E-state index in [1.54, 1.807) is 4.90 Å². The lowest BCUT2D eigenvalue weighted by Gasteiger charge is -2.14. The van der Waals surface area contributed by atoms with E-state index < -0.39 is 0 Å². The number of thioether (sulfide) groups is 1. The van der Waals surface area contributed by atoms with Gasteiger partial charge in [-0.15, -0.1) is 0 Å². The molecule has 29 heavy (non-hydrogen) atoms. The third-order valence-electron chi connectivity index (χ3n) is 4.27. The van der Waals surface area contributed by atoms with Gasteiger partial charge in [0, 0.05) is 18.7 Å². The van der Waals surface area contributed by atoms with Crippen LogP contribution in [0.25, 0.3) is 6.08 Å². The van der Waals surface area contributed by atoms with Gasteiger partial charge in [0.25, 0.3) is 5.91 Å². The molecule has 0 aliphatic carbocycles. The molecule has 148 valence electrons. The molecule has 0 radical (unpaired) electrons. The topological polar surface area (TPSA) is 49.4 Å². The molecule has 0 atom stereocenters. The number of hydrogen-bond acceptors (Lipinski definition) is 4. The fourth-order valence-electron chi connectivity index (χ4n) is 2.90. The molecule has 1 heterocycles. The highest BCUT2D eigenvalue weighted by Gasteiger charge is 2.31. The summed E-state index contributed by atoms with van der Waals surface area (Å²) >= 11 is 6.68. The zero-order valence-electron chi connectivity index (χ0n) is 16.1. The summed E-state index contributed by atoms with van der Waals surface area (Å²) in [5.41, 5.74) is 2.84. The molecule has 6 heteroatoms. The third kappa shape index (κ3) is 6.14. The van der Waals surface area contributed by atoms with E-state index in [-0.39, 0.29) is 11.8 Å². The van der Waals surface area contributed by atoms with Gasteiger partial charge in [0.2, 0.25) is 5.91 Å². The van der Waals surface area contributed by atoms with Crippen molar-refractivity contribution in [3.63, 3.8) is 0 Å². The van der Waals surface area contributed by atoms with Crippen LogP contribution in [0.4, 0.5) is 5.69 Å². The molecule has 0 spiro atoms. The molecular formula is C23H22N2O2S2. The quantitative estimate of drug-likeness (QED) is 0.489. The van der Waals surface area contributed by atoms with Crippen LogP contribution in [-0.2, 0) is 9.59 Å². The van der Waals surface area contributed by atoms with E-state index in [0.29, 0.717) is 28.6 Å². The summed E-state index contributed by atoms with van der Waals surface area (Å²) in [4.78, 5) is 27.0. The van der Waals surface area contributed by atoms with Gasteiger partial charge in [-0.25, -0.2) is 0 Å². The first-order valence-electron chi connectivity index (χ1n) is 9.36. The number of benzene rings is 2. The molecule has 1 N–H and O–H groups in total. The predicted octanol–water partition coefficient (Wildman–Crippen LogP) is 5.25. The van der Waals surface area contributed by atoms with Gasteiger partial charge in [0.15, 0.2) is 0 Å². The van der Waals surface area contributed by atoms with E-state index in [4.69, 9.17) is 12.2 Å². The minimum atomic E-state index is -0.0933. The average Bonchev–Trinajstić information content (AvgIpc) is 2.96. The number of carbonyl (C=O) groups is 2. The molecule has 4 nitrogen and oxygen atoms in total. The fraction of sp³-hybridized carbons (Fsp3) is 0.174. The molecule has 0 saturated carbocycles. The molecule has 1 fully saturated rings. The second-order valence-corrected chi connectivity index (χ2v) is 8.33. The zero-order valence-corrected chi connectivity index (χ0v) is 17.8. The maximum Gasteiger partial charge on any atom is 0.266 e. The Balaban J connectivity index is 1.53. The number of thiocarbonyl (C=S) groups is 1. The van der Waals surface area contributed by atoms with E-state index in [1.807, 2.05) is 79.7 Å². The molecule has 2 aromatic carbocycles. The van der Waals surface area contributed by atoms with Crippen LogP contribution in [0.2, 0.25) is 0 Å². The van der Waals surface area contributed by atoms with Crippen LogP contribution in [-0.4, -0.2) is 27.6 Å². The minimum absolute atomic E-state index is 0.0705. The molecule has 2 amide bonds. The molecule has 2 aromatic rings. The van der Waals surface area contributed by atoms with Crippen LogP contribution >= 0.6 is 24.0 Å². The van der Waals surface area contributed by atoms with E-state index in [2.05, 4.69) is 5.32 Å². The second kappa shape index (κ2) is 10.2. The van der Waals surface area contributed by atoms with Gasteiger partial charge in [-0.1, -0.05) is 78.6 Å². The monoisotopic (exact) mass is 422 g/mol. The molecular weight excluding hydrogens is 400 g/mol. The van der Waals surface area contributed by atoms with Crippen molar-refractivity contribution in [2.75, 3.05) is 11.9 Å². The number of rotatable bonds is 7. The van der Waals surface area contributed by atoms with Crippen LogP contribution in [0.15, 0.2) is 77.2 Å². The number of nitrogens with one attached hydrogen (secondary N) is 1. The van der Waals surface area contributed by atoms with Gasteiger partial charge >= 0.3 is 0 Å². The van der Waals surface area contributed by atoms with Crippen molar-refractivity contribution in [2.45, 2.75) is 19.8 Å². The highest BCUT2D eigenvalue weighted by Crippen LogP contribution is 2.32. The van der Waals surface area contributed by atoms with Crippen molar-refractivity contribution in [1.82, 2.24) is 4.90 Å². The molecule has 0 bridgehead atoms. The van der Waals surface area contributed by atoms with Crippen molar-refractivity contribution in [1.29, 1.82) is 0 Å². The number of para-hydroxylation sites is 1. The standard InChI is InChI=1S/C23H22N2O2S2/c1-17(15-18-9-4-2-5-10-18)16-20-22(27)25(23(28)29-20)14-8-13-21(26)24-19-11-6-3-7-12-19/h2-7,9-12,15-16H,8,13-14H2,1H3,(H,24,26)/b17-15+,20-16+. The Hall–Kier alpha value is -2.70.